The molecule has 0 amide bonds. The summed E-state index contributed by atoms with van der Waals surface area (Å²) in [6.07, 6.45) is 19.0. The molecule has 4 atom stereocenters. The molecule has 1 saturated heterocycles. The fourth-order valence-electron chi connectivity index (χ4n) is 10.9. The lowest BCUT2D eigenvalue weighted by atomic mass is 10.1. The molecule has 518 valence electrons. The molecule has 1 fully saturated rings. The van der Waals surface area contributed by atoms with Gasteiger partial charge in [-0.05, 0) is 121 Å². The number of carbonyl (C=O) groups excluding carboxylic acids is 5. The zero-order chi connectivity index (χ0) is 65.0. The second-order valence-electron chi connectivity index (χ2n) is 24.8. The van der Waals surface area contributed by atoms with E-state index in [1.807, 2.05) is 54.2 Å². The average Bonchev–Trinajstić information content (AvgIpc) is 3.59. The zero-order valence-corrected chi connectivity index (χ0v) is 58.5. The van der Waals surface area contributed by atoms with Gasteiger partial charge in [-0.1, -0.05) is 141 Å². The van der Waals surface area contributed by atoms with Gasteiger partial charge in [0, 0.05) is 109 Å². The highest BCUT2D eigenvalue weighted by Gasteiger charge is 2.22. The van der Waals surface area contributed by atoms with Crippen molar-refractivity contribution in [1.82, 2.24) is 19.6 Å². The highest BCUT2D eigenvalue weighted by atomic mass is 33.1. The fraction of sp³-hybridized carbons (Fsp3) is 0.926. The molecule has 1 heterocycles. The quantitative estimate of drug-likeness (QED) is 0.0192. The van der Waals surface area contributed by atoms with Crippen molar-refractivity contribution in [3.8, 4) is 0 Å². The Morgan fingerprint density at radius 2 is 0.739 bits per heavy atom. The Labute approximate surface area is 542 Å². The topological polar surface area (TPSA) is 225 Å². The van der Waals surface area contributed by atoms with Gasteiger partial charge in [0.05, 0.1) is 37.6 Å². The number of piperazine rings is 1. The first-order chi connectivity index (χ1) is 42.5. The number of rotatable bonds is 60. The van der Waals surface area contributed by atoms with E-state index in [-0.39, 0.29) is 74.4 Å². The summed E-state index contributed by atoms with van der Waals surface area (Å²) in [5.74, 6) is 1.93. The molecular weight excluding hydrogens is 1160 g/mol. The number of carbonyl (C=O) groups is 5. The average molecular weight is 1290 g/mol. The van der Waals surface area contributed by atoms with E-state index < -0.39 is 24.4 Å². The van der Waals surface area contributed by atoms with Gasteiger partial charge in [-0.2, -0.15) is 0 Å². The zero-order valence-electron chi connectivity index (χ0n) is 56.8. The summed E-state index contributed by atoms with van der Waals surface area (Å²) in [6, 6.07) is 0. The summed E-state index contributed by atoms with van der Waals surface area (Å²) in [6.45, 7) is 26.2. The van der Waals surface area contributed by atoms with Crippen molar-refractivity contribution < 1.29 is 68.1 Å². The first-order valence-electron chi connectivity index (χ1n) is 35.2. The van der Waals surface area contributed by atoms with E-state index in [0.717, 1.165) is 166 Å². The predicted molar refractivity (Wildman–Crippen MR) is 358 cm³/mol. The smallest absolute Gasteiger partial charge is 0.306 e. The molecule has 88 heavy (non-hydrogen) atoms. The van der Waals surface area contributed by atoms with E-state index in [2.05, 4.69) is 42.4 Å². The van der Waals surface area contributed by atoms with Gasteiger partial charge in [-0.25, -0.2) is 0 Å². The first-order valence-corrected chi connectivity index (χ1v) is 37.7. The number of aliphatic hydroxyl groups is 4. The van der Waals surface area contributed by atoms with Gasteiger partial charge in [0.2, 0.25) is 0 Å². The van der Waals surface area contributed by atoms with E-state index >= 15 is 0 Å². The monoisotopic (exact) mass is 1290 g/mol. The van der Waals surface area contributed by atoms with Crippen LogP contribution in [0.2, 0.25) is 0 Å². The van der Waals surface area contributed by atoms with E-state index in [9.17, 15) is 44.4 Å². The Kier molecular flexibility index (Phi) is 53.6. The van der Waals surface area contributed by atoms with Crippen LogP contribution in [0.25, 0.3) is 0 Å². The molecule has 4 N–H and O–H groups in total. The van der Waals surface area contributed by atoms with Crippen LogP contribution in [0.15, 0.2) is 0 Å². The van der Waals surface area contributed by atoms with Crippen molar-refractivity contribution in [2.24, 2.45) is 11.8 Å². The normalized spacial score (nSPS) is 14.8. The molecule has 0 spiro atoms. The lowest BCUT2D eigenvalue weighted by Gasteiger charge is -2.34. The molecule has 0 bridgehead atoms. The van der Waals surface area contributed by atoms with Gasteiger partial charge in [-0.15, -0.1) is 0 Å². The highest BCUT2D eigenvalue weighted by Crippen LogP contribution is 2.24. The van der Waals surface area contributed by atoms with Gasteiger partial charge in [0.15, 0.2) is 0 Å². The minimum absolute atomic E-state index is 0.0921. The van der Waals surface area contributed by atoms with Crippen LogP contribution in [-0.4, -0.2) is 216 Å². The summed E-state index contributed by atoms with van der Waals surface area (Å²) in [5, 5.41) is 44.1. The van der Waals surface area contributed by atoms with Crippen LogP contribution in [0, 0.1) is 11.8 Å². The Balaban J connectivity index is 2.48. The summed E-state index contributed by atoms with van der Waals surface area (Å²) >= 11 is 0. The van der Waals surface area contributed by atoms with Crippen molar-refractivity contribution in [2.75, 3.05) is 110 Å². The largest absolute Gasteiger partial charge is 0.465 e. The van der Waals surface area contributed by atoms with Crippen LogP contribution in [0.4, 0.5) is 0 Å². The molecule has 1 aliphatic rings. The number of ether oxygens (including phenoxy) is 5. The van der Waals surface area contributed by atoms with E-state index in [4.69, 9.17) is 23.7 Å². The Morgan fingerprint density at radius 1 is 0.386 bits per heavy atom. The minimum Gasteiger partial charge on any atom is -0.465 e. The number of nitrogens with zero attached hydrogens (tertiary/aromatic N) is 4. The standard InChI is InChI=1S/C68H130N4O14S2/c1-9-56(10-2)54-83-65(78)34-23-19-17-21-30-58(73)50-71(51-59(74)31-22-18-20-24-35-66(79)84-55-57(11-3)12-4)39-25-26-48-87-88-49-46-70-43-41-69(42-44-70)45-47-82-64(77)38-29-40-72(52-60(75)32-27-36-67(80)85-62(13-5)14-6)53-61(76)33-28-37-68(81)86-63(15-7)16-8/h56-63,73-76H,9-55H2,1-8H3. The molecular formula is C68H130N4O14S2. The second kappa shape index (κ2) is 56.3. The number of unbranched alkanes of at least 4 members (excludes halogenated alkanes) is 7. The van der Waals surface area contributed by atoms with Gasteiger partial charge < -0.3 is 44.1 Å². The van der Waals surface area contributed by atoms with Crippen LogP contribution in [-0.2, 0) is 47.7 Å². The van der Waals surface area contributed by atoms with Crippen molar-refractivity contribution >= 4 is 51.4 Å². The van der Waals surface area contributed by atoms with Crippen molar-refractivity contribution in [2.45, 2.75) is 285 Å². The van der Waals surface area contributed by atoms with E-state index in [1.54, 1.807) is 0 Å². The van der Waals surface area contributed by atoms with Crippen LogP contribution in [0.5, 0.6) is 0 Å². The summed E-state index contributed by atoms with van der Waals surface area (Å²) in [4.78, 5) is 71.0. The lowest BCUT2D eigenvalue weighted by molar-refractivity contribution is -0.150. The maximum Gasteiger partial charge on any atom is 0.306 e. The lowest BCUT2D eigenvalue weighted by Crippen LogP contribution is -2.47. The number of hydrogen-bond donors (Lipinski definition) is 4. The van der Waals surface area contributed by atoms with Crippen LogP contribution in [0.3, 0.4) is 0 Å². The Morgan fingerprint density at radius 3 is 1.16 bits per heavy atom. The van der Waals surface area contributed by atoms with Crippen LogP contribution < -0.4 is 0 Å². The third-order valence-electron chi connectivity index (χ3n) is 17.3. The number of esters is 5. The molecule has 0 aromatic heterocycles. The fourth-order valence-corrected chi connectivity index (χ4v) is 13.1. The summed E-state index contributed by atoms with van der Waals surface area (Å²) in [7, 11) is 3.83. The van der Waals surface area contributed by atoms with E-state index in [1.165, 1.54) is 0 Å². The molecule has 0 aromatic rings. The van der Waals surface area contributed by atoms with Crippen LogP contribution >= 0.6 is 21.6 Å². The number of hydrogen-bond acceptors (Lipinski definition) is 20. The first kappa shape index (κ1) is 83.7. The number of aliphatic hydroxyl groups excluding tert-OH is 4. The molecule has 20 heteroatoms. The molecule has 0 aliphatic carbocycles. The summed E-state index contributed by atoms with van der Waals surface area (Å²) in [5.41, 5.74) is 0. The van der Waals surface area contributed by atoms with Crippen molar-refractivity contribution in [3.63, 3.8) is 0 Å². The van der Waals surface area contributed by atoms with Crippen LogP contribution in [0.1, 0.15) is 248 Å². The maximum atomic E-state index is 12.9. The van der Waals surface area contributed by atoms with Crippen molar-refractivity contribution in [1.29, 1.82) is 0 Å². The maximum absolute atomic E-state index is 12.9. The summed E-state index contributed by atoms with van der Waals surface area (Å²) < 4.78 is 27.6. The van der Waals surface area contributed by atoms with Gasteiger partial charge in [-0.3, -0.25) is 43.6 Å². The van der Waals surface area contributed by atoms with Gasteiger partial charge in [0.25, 0.3) is 0 Å². The third-order valence-corrected chi connectivity index (χ3v) is 19.7. The highest BCUT2D eigenvalue weighted by molar-refractivity contribution is 8.76. The molecule has 1 aliphatic heterocycles. The van der Waals surface area contributed by atoms with Gasteiger partial charge in [0.1, 0.15) is 18.8 Å². The molecule has 0 radical (unpaired) electrons. The molecule has 0 saturated carbocycles. The Hall–Kier alpha value is -2.27. The van der Waals surface area contributed by atoms with Gasteiger partial charge >= 0.3 is 29.8 Å². The SMILES string of the molecule is CCC(CC)COC(=O)CCCCCCC(O)CN(CCCCSSCCN1CCN(CCOC(=O)CCCN(CC(O)CCCC(=O)OC(CC)CC)CC(O)CCCC(=O)OC(CC)CC)CC1)CC(O)CCCCCCC(=O)OCC(CC)CC. The Bertz CT molecular complexity index is 1620. The molecule has 18 nitrogen and oxygen atoms in total. The molecule has 4 unspecified atom stereocenters. The predicted octanol–water partition coefficient (Wildman–Crippen LogP) is 11.6. The van der Waals surface area contributed by atoms with E-state index in [0.29, 0.717) is 116 Å². The van der Waals surface area contributed by atoms with Crippen molar-refractivity contribution in [3.05, 3.63) is 0 Å². The minimum atomic E-state index is -0.726. The molecule has 0 aromatic carbocycles. The molecule has 1 rings (SSSR count). The second-order valence-corrected chi connectivity index (χ2v) is 27.5. The third kappa shape index (κ3) is 46.7.